The molecule has 0 aliphatic rings. The van der Waals surface area contributed by atoms with Crippen molar-refractivity contribution in [2.75, 3.05) is 5.32 Å². The van der Waals surface area contributed by atoms with E-state index in [0.717, 1.165) is 10.8 Å². The number of hydrogen-bond acceptors (Lipinski definition) is 4. The second-order valence-electron chi connectivity index (χ2n) is 5.44. The molecular weight excluding hydrogens is 336 g/mol. The average molecular weight is 352 g/mol. The number of hydrogen-bond donors (Lipinski definition) is 2. The van der Waals surface area contributed by atoms with E-state index < -0.39 is 10.0 Å². The summed E-state index contributed by atoms with van der Waals surface area (Å²) in [5.41, 5.74) is 1.27. The number of benzene rings is 3. The SMILES string of the molecule is NS(=O)(=O)c1ccc(N/C=C/C(=O)c2cccc3ccccc23)cc1. The molecule has 6 heteroatoms. The van der Waals surface area contributed by atoms with E-state index in [2.05, 4.69) is 5.32 Å². The molecule has 0 aromatic heterocycles. The monoisotopic (exact) mass is 352 g/mol. The van der Waals surface area contributed by atoms with Gasteiger partial charge in [-0.1, -0.05) is 42.5 Å². The number of carbonyl (C=O) groups excluding carboxylic acids is 1. The second-order valence-corrected chi connectivity index (χ2v) is 7.00. The summed E-state index contributed by atoms with van der Waals surface area (Å²) < 4.78 is 22.4. The van der Waals surface area contributed by atoms with Gasteiger partial charge in [-0.15, -0.1) is 0 Å². The van der Waals surface area contributed by atoms with E-state index >= 15 is 0 Å². The molecule has 0 saturated carbocycles. The summed E-state index contributed by atoms with van der Waals surface area (Å²) in [5, 5.41) is 9.89. The van der Waals surface area contributed by atoms with E-state index in [4.69, 9.17) is 5.14 Å². The van der Waals surface area contributed by atoms with Crippen LogP contribution in [-0.4, -0.2) is 14.2 Å². The molecule has 3 aromatic rings. The highest BCUT2D eigenvalue weighted by molar-refractivity contribution is 7.89. The number of sulfonamides is 1. The Balaban J connectivity index is 1.75. The Morgan fingerprint density at radius 1 is 0.920 bits per heavy atom. The fourth-order valence-corrected chi connectivity index (χ4v) is 3.00. The summed E-state index contributed by atoms with van der Waals surface area (Å²) >= 11 is 0. The largest absolute Gasteiger partial charge is 0.362 e. The van der Waals surface area contributed by atoms with Gasteiger partial charge in [-0.3, -0.25) is 4.79 Å². The highest BCUT2D eigenvalue weighted by atomic mass is 32.2. The molecule has 5 nitrogen and oxygen atoms in total. The molecule has 25 heavy (non-hydrogen) atoms. The minimum atomic E-state index is -3.71. The Hall–Kier alpha value is -2.96. The van der Waals surface area contributed by atoms with E-state index in [1.54, 1.807) is 18.2 Å². The number of primary sulfonamides is 1. The third-order valence-electron chi connectivity index (χ3n) is 3.72. The van der Waals surface area contributed by atoms with Gasteiger partial charge in [0.05, 0.1) is 4.90 Å². The van der Waals surface area contributed by atoms with Crippen LogP contribution in [0.3, 0.4) is 0 Å². The van der Waals surface area contributed by atoms with Crippen molar-refractivity contribution in [1.29, 1.82) is 0 Å². The summed E-state index contributed by atoms with van der Waals surface area (Å²) in [6.07, 6.45) is 2.96. The molecule has 0 saturated heterocycles. The lowest BCUT2D eigenvalue weighted by atomic mass is 10.0. The molecule has 0 bridgehead atoms. The molecule has 3 N–H and O–H groups in total. The quantitative estimate of drug-likeness (QED) is 0.545. The number of anilines is 1. The fraction of sp³-hybridized carbons (Fsp3) is 0. The van der Waals surface area contributed by atoms with Crippen LogP contribution in [0, 0.1) is 0 Å². The molecule has 0 aliphatic carbocycles. The maximum absolute atomic E-state index is 12.4. The van der Waals surface area contributed by atoms with Crippen LogP contribution in [-0.2, 0) is 10.0 Å². The number of rotatable bonds is 5. The maximum atomic E-state index is 12.4. The average Bonchev–Trinajstić information content (AvgIpc) is 2.61. The Morgan fingerprint density at radius 3 is 2.32 bits per heavy atom. The van der Waals surface area contributed by atoms with Crippen molar-refractivity contribution in [3.63, 3.8) is 0 Å². The molecule has 0 spiro atoms. The van der Waals surface area contributed by atoms with Crippen molar-refractivity contribution < 1.29 is 13.2 Å². The third-order valence-corrected chi connectivity index (χ3v) is 4.65. The maximum Gasteiger partial charge on any atom is 0.238 e. The Bertz CT molecular complexity index is 1050. The second kappa shape index (κ2) is 6.88. The summed E-state index contributed by atoms with van der Waals surface area (Å²) in [6, 6.07) is 19.2. The molecule has 0 fully saturated rings. The lowest BCUT2D eigenvalue weighted by Crippen LogP contribution is -2.11. The van der Waals surface area contributed by atoms with Crippen LogP contribution in [0.2, 0.25) is 0 Å². The molecule has 126 valence electrons. The minimum absolute atomic E-state index is 0.0360. The van der Waals surface area contributed by atoms with Gasteiger partial charge in [0.25, 0.3) is 0 Å². The zero-order valence-corrected chi connectivity index (χ0v) is 14.0. The Labute approximate surface area is 145 Å². The van der Waals surface area contributed by atoms with E-state index in [1.165, 1.54) is 24.4 Å². The molecule has 0 heterocycles. The van der Waals surface area contributed by atoms with Crippen LogP contribution in [0.25, 0.3) is 10.8 Å². The van der Waals surface area contributed by atoms with E-state index in [-0.39, 0.29) is 10.7 Å². The molecule has 0 amide bonds. The Kier molecular flexibility index (Phi) is 4.65. The van der Waals surface area contributed by atoms with Crippen molar-refractivity contribution in [2.45, 2.75) is 4.90 Å². The molecular formula is C19H16N2O3S. The van der Waals surface area contributed by atoms with Crippen LogP contribution in [0.15, 0.2) is 83.9 Å². The lowest BCUT2D eigenvalue weighted by molar-refractivity contribution is 0.104. The molecule has 0 aliphatic heterocycles. The smallest absolute Gasteiger partial charge is 0.238 e. The first-order valence-corrected chi connectivity index (χ1v) is 9.08. The zero-order valence-electron chi connectivity index (χ0n) is 13.2. The fourth-order valence-electron chi connectivity index (χ4n) is 2.48. The molecule has 3 aromatic carbocycles. The number of allylic oxidation sites excluding steroid dienone is 1. The van der Waals surface area contributed by atoms with Crippen LogP contribution in [0.5, 0.6) is 0 Å². The number of ketones is 1. The number of fused-ring (bicyclic) bond motifs is 1. The molecule has 3 rings (SSSR count). The third kappa shape index (κ3) is 3.93. The predicted molar refractivity (Wildman–Crippen MR) is 98.9 cm³/mol. The summed E-state index contributed by atoms with van der Waals surface area (Å²) in [6.45, 7) is 0. The summed E-state index contributed by atoms with van der Waals surface area (Å²) in [7, 11) is -3.71. The van der Waals surface area contributed by atoms with E-state index in [9.17, 15) is 13.2 Å². The van der Waals surface area contributed by atoms with Gasteiger partial charge >= 0.3 is 0 Å². The Morgan fingerprint density at radius 2 is 1.60 bits per heavy atom. The van der Waals surface area contributed by atoms with Gasteiger partial charge in [-0.25, -0.2) is 13.6 Å². The molecule has 0 radical (unpaired) electrons. The van der Waals surface area contributed by atoms with Crippen molar-refractivity contribution in [3.05, 3.63) is 84.6 Å². The van der Waals surface area contributed by atoms with Crippen molar-refractivity contribution >= 4 is 32.3 Å². The number of nitrogens with two attached hydrogens (primary N) is 1. The van der Waals surface area contributed by atoms with Gasteiger partial charge in [0, 0.05) is 23.5 Å². The lowest BCUT2D eigenvalue weighted by Gasteiger charge is -2.04. The van der Waals surface area contributed by atoms with Crippen LogP contribution >= 0.6 is 0 Å². The van der Waals surface area contributed by atoms with Gasteiger partial charge in [-0.05, 0) is 35.0 Å². The molecule has 0 unspecified atom stereocenters. The zero-order chi connectivity index (χ0) is 17.9. The van der Waals surface area contributed by atoms with Gasteiger partial charge in [0.1, 0.15) is 0 Å². The van der Waals surface area contributed by atoms with Gasteiger partial charge in [0.15, 0.2) is 5.78 Å². The highest BCUT2D eigenvalue weighted by Crippen LogP contribution is 2.19. The van der Waals surface area contributed by atoms with E-state index in [1.807, 2.05) is 36.4 Å². The van der Waals surface area contributed by atoms with Crippen LogP contribution in [0.1, 0.15) is 10.4 Å². The first-order chi connectivity index (χ1) is 11.9. The van der Waals surface area contributed by atoms with Gasteiger partial charge < -0.3 is 5.32 Å². The standard InChI is InChI=1S/C19H16N2O3S/c20-25(23,24)16-10-8-15(9-11-16)21-13-12-19(22)18-7-3-5-14-4-1-2-6-17(14)18/h1-13,21H,(H2,20,23,24)/b13-12+. The van der Waals surface area contributed by atoms with Crippen LogP contribution < -0.4 is 10.5 Å². The first-order valence-electron chi connectivity index (χ1n) is 7.53. The number of nitrogens with one attached hydrogen (secondary N) is 1. The topological polar surface area (TPSA) is 89.3 Å². The minimum Gasteiger partial charge on any atom is -0.362 e. The van der Waals surface area contributed by atoms with Gasteiger partial charge in [-0.2, -0.15) is 0 Å². The normalized spacial score (nSPS) is 11.7. The number of carbonyl (C=O) groups is 1. The van der Waals surface area contributed by atoms with Crippen molar-refractivity contribution in [1.82, 2.24) is 0 Å². The summed E-state index contributed by atoms with van der Waals surface area (Å²) in [4.78, 5) is 12.4. The molecule has 0 atom stereocenters. The highest BCUT2D eigenvalue weighted by Gasteiger charge is 2.07. The summed E-state index contributed by atoms with van der Waals surface area (Å²) in [5.74, 6) is -0.120. The van der Waals surface area contributed by atoms with Crippen molar-refractivity contribution in [2.24, 2.45) is 5.14 Å². The van der Waals surface area contributed by atoms with E-state index in [0.29, 0.717) is 11.3 Å². The van der Waals surface area contributed by atoms with Crippen LogP contribution in [0.4, 0.5) is 5.69 Å². The van der Waals surface area contributed by atoms with Crippen molar-refractivity contribution in [3.8, 4) is 0 Å². The first kappa shape index (κ1) is 16.9. The van der Waals surface area contributed by atoms with Gasteiger partial charge in [0.2, 0.25) is 10.0 Å². The predicted octanol–water partition coefficient (Wildman–Crippen LogP) is 3.30.